The topological polar surface area (TPSA) is 63.7 Å². The van der Waals surface area contributed by atoms with Gasteiger partial charge in [-0.3, -0.25) is 0 Å². The number of nitriles is 1. The first-order chi connectivity index (χ1) is 16.7. The van der Waals surface area contributed by atoms with E-state index in [1.165, 1.54) is 11.3 Å². The van der Waals surface area contributed by atoms with Gasteiger partial charge in [0, 0.05) is 17.3 Å². The molecule has 164 valence electrons. The zero-order valence-electron chi connectivity index (χ0n) is 18.3. The van der Waals surface area contributed by atoms with E-state index in [2.05, 4.69) is 17.6 Å². The van der Waals surface area contributed by atoms with Crippen molar-refractivity contribution in [3.8, 4) is 28.8 Å². The second kappa shape index (κ2) is 9.57. The lowest BCUT2D eigenvalue weighted by molar-refractivity contribution is 0.363. The zero-order chi connectivity index (χ0) is 23.3. The van der Waals surface area contributed by atoms with Crippen molar-refractivity contribution in [2.24, 2.45) is 0 Å². The van der Waals surface area contributed by atoms with Crippen LogP contribution in [-0.4, -0.2) is 21.4 Å². The molecule has 2 heterocycles. The molecule has 2 aromatic heterocycles. The Labute approximate surface area is 201 Å². The number of aromatic nitrogens is 3. The van der Waals surface area contributed by atoms with Crippen LogP contribution in [0.1, 0.15) is 10.6 Å². The first kappa shape index (κ1) is 21.4. The molecule has 6 heteroatoms. The SMILES string of the molecule is C=CCOc1ccc(-c2nn(-c3ccccc3)cc2/C=C(\C#N)c2nc3ccccc3s2)cc1. The average Bonchev–Trinajstić information content (AvgIpc) is 3.51. The molecule has 3 aromatic carbocycles. The maximum absolute atomic E-state index is 9.97. The number of benzene rings is 3. The lowest BCUT2D eigenvalue weighted by Crippen LogP contribution is -1.94. The standard InChI is InChI=1S/C28H20N4OS/c1-2-16-33-24-14-12-20(13-15-24)27-22(19-32(31-27)23-8-4-3-5-9-23)17-21(18-29)28-30-25-10-6-7-11-26(25)34-28/h2-15,17,19H,1,16H2/b21-17+. The lowest BCUT2D eigenvalue weighted by atomic mass is 10.1. The Balaban J connectivity index is 1.60. The maximum atomic E-state index is 9.97. The number of ether oxygens (including phenoxy) is 1. The molecule has 0 aliphatic heterocycles. The van der Waals surface area contributed by atoms with Gasteiger partial charge < -0.3 is 4.74 Å². The van der Waals surface area contributed by atoms with Gasteiger partial charge in [0.25, 0.3) is 0 Å². The number of allylic oxidation sites excluding steroid dienone is 1. The van der Waals surface area contributed by atoms with Gasteiger partial charge in [0.2, 0.25) is 0 Å². The van der Waals surface area contributed by atoms with Crippen LogP contribution in [0.2, 0.25) is 0 Å². The van der Waals surface area contributed by atoms with Gasteiger partial charge >= 0.3 is 0 Å². The van der Waals surface area contributed by atoms with Gasteiger partial charge in [0.1, 0.15) is 23.4 Å². The Bertz CT molecular complexity index is 1490. The molecule has 34 heavy (non-hydrogen) atoms. The number of thiazole rings is 1. The van der Waals surface area contributed by atoms with E-state index in [0.717, 1.165) is 38.5 Å². The summed E-state index contributed by atoms with van der Waals surface area (Å²) >= 11 is 1.51. The molecule has 0 saturated heterocycles. The Hall–Kier alpha value is -4.47. The summed E-state index contributed by atoms with van der Waals surface area (Å²) in [6, 6.07) is 27.9. The number of para-hydroxylation sites is 2. The van der Waals surface area contributed by atoms with Gasteiger partial charge in [-0.05, 0) is 54.6 Å². The van der Waals surface area contributed by atoms with Crippen molar-refractivity contribution >= 4 is 33.2 Å². The molecule has 0 aliphatic rings. The summed E-state index contributed by atoms with van der Waals surface area (Å²) < 4.78 is 8.49. The number of fused-ring (bicyclic) bond motifs is 1. The van der Waals surface area contributed by atoms with Crippen molar-refractivity contribution < 1.29 is 4.74 Å². The number of rotatable bonds is 7. The third kappa shape index (κ3) is 4.38. The summed E-state index contributed by atoms with van der Waals surface area (Å²) in [5, 5.41) is 15.5. The second-order valence-corrected chi connectivity index (χ2v) is 8.52. The van der Waals surface area contributed by atoms with Crippen LogP contribution in [-0.2, 0) is 0 Å². The second-order valence-electron chi connectivity index (χ2n) is 7.49. The molecular weight excluding hydrogens is 440 g/mol. The maximum Gasteiger partial charge on any atom is 0.135 e. The van der Waals surface area contributed by atoms with Crippen molar-refractivity contribution in [1.29, 1.82) is 5.26 Å². The molecule has 0 bridgehead atoms. The van der Waals surface area contributed by atoms with Crippen LogP contribution in [0.4, 0.5) is 0 Å². The minimum atomic E-state index is 0.448. The minimum Gasteiger partial charge on any atom is -0.490 e. The predicted octanol–water partition coefficient (Wildman–Crippen LogP) is 6.78. The third-order valence-electron chi connectivity index (χ3n) is 5.20. The van der Waals surface area contributed by atoms with Gasteiger partial charge in [-0.15, -0.1) is 11.3 Å². The predicted molar refractivity (Wildman–Crippen MR) is 138 cm³/mol. The summed E-state index contributed by atoms with van der Waals surface area (Å²) in [6.07, 6.45) is 5.52. The van der Waals surface area contributed by atoms with Crippen LogP contribution in [0.15, 0.2) is 97.7 Å². The fourth-order valence-electron chi connectivity index (χ4n) is 3.58. The molecule has 0 aliphatic carbocycles. The van der Waals surface area contributed by atoms with Crippen molar-refractivity contribution in [1.82, 2.24) is 14.8 Å². The molecule has 0 saturated carbocycles. The fraction of sp³-hybridized carbons (Fsp3) is 0.0357. The molecule has 0 N–H and O–H groups in total. The van der Waals surface area contributed by atoms with Crippen LogP contribution in [0.25, 0.3) is 38.8 Å². The molecule has 0 fully saturated rings. The third-order valence-corrected chi connectivity index (χ3v) is 6.27. The summed E-state index contributed by atoms with van der Waals surface area (Å²) in [5.41, 5.74) is 4.86. The van der Waals surface area contributed by atoms with Crippen molar-refractivity contribution in [2.45, 2.75) is 0 Å². The largest absolute Gasteiger partial charge is 0.490 e. The van der Waals surface area contributed by atoms with Gasteiger partial charge in [-0.25, -0.2) is 9.67 Å². The van der Waals surface area contributed by atoms with Gasteiger partial charge in [-0.2, -0.15) is 10.4 Å². The van der Waals surface area contributed by atoms with Crippen molar-refractivity contribution in [3.63, 3.8) is 0 Å². The highest BCUT2D eigenvalue weighted by molar-refractivity contribution is 7.19. The monoisotopic (exact) mass is 460 g/mol. The number of nitrogens with zero attached hydrogens (tertiary/aromatic N) is 4. The molecule has 0 atom stereocenters. The fourth-order valence-corrected chi connectivity index (χ4v) is 4.51. The molecular formula is C28H20N4OS. The average molecular weight is 461 g/mol. The molecule has 5 rings (SSSR count). The normalized spacial score (nSPS) is 11.3. The number of hydrogen-bond donors (Lipinski definition) is 0. The Morgan fingerprint density at radius 1 is 1.03 bits per heavy atom. The summed E-state index contributed by atoms with van der Waals surface area (Å²) in [4.78, 5) is 4.66. The smallest absolute Gasteiger partial charge is 0.135 e. The van der Waals surface area contributed by atoms with E-state index < -0.39 is 0 Å². The quantitative estimate of drug-likeness (QED) is 0.198. The van der Waals surface area contributed by atoms with Crippen LogP contribution >= 0.6 is 11.3 Å². The Morgan fingerprint density at radius 2 is 1.79 bits per heavy atom. The van der Waals surface area contributed by atoms with E-state index in [0.29, 0.717) is 17.2 Å². The first-order valence-corrected chi connectivity index (χ1v) is 11.5. The Kier molecular flexibility index (Phi) is 6.02. The molecule has 5 aromatic rings. The molecule has 0 unspecified atom stereocenters. The van der Waals surface area contributed by atoms with E-state index in [1.807, 2.05) is 95.8 Å². The summed E-state index contributed by atoms with van der Waals surface area (Å²) in [7, 11) is 0. The number of hydrogen-bond acceptors (Lipinski definition) is 5. The van der Waals surface area contributed by atoms with Crippen molar-refractivity contribution in [3.05, 3.63) is 108 Å². The molecule has 0 spiro atoms. The van der Waals surface area contributed by atoms with E-state index >= 15 is 0 Å². The first-order valence-electron chi connectivity index (χ1n) is 10.7. The summed E-state index contributed by atoms with van der Waals surface area (Å²) in [6.45, 7) is 4.13. The van der Waals surface area contributed by atoms with E-state index in [-0.39, 0.29) is 0 Å². The summed E-state index contributed by atoms with van der Waals surface area (Å²) in [5.74, 6) is 0.760. The lowest BCUT2D eigenvalue weighted by Gasteiger charge is -2.05. The van der Waals surface area contributed by atoms with Crippen LogP contribution in [0.5, 0.6) is 5.75 Å². The van der Waals surface area contributed by atoms with E-state index in [1.54, 1.807) is 6.08 Å². The highest BCUT2D eigenvalue weighted by atomic mass is 32.1. The van der Waals surface area contributed by atoms with E-state index in [4.69, 9.17) is 9.84 Å². The van der Waals surface area contributed by atoms with Crippen LogP contribution < -0.4 is 4.74 Å². The molecule has 0 radical (unpaired) electrons. The highest BCUT2D eigenvalue weighted by Gasteiger charge is 2.15. The minimum absolute atomic E-state index is 0.448. The Morgan fingerprint density at radius 3 is 2.53 bits per heavy atom. The highest BCUT2D eigenvalue weighted by Crippen LogP contribution is 2.31. The van der Waals surface area contributed by atoms with Crippen LogP contribution in [0, 0.1) is 11.3 Å². The zero-order valence-corrected chi connectivity index (χ0v) is 19.1. The van der Waals surface area contributed by atoms with Gasteiger partial charge in [-0.1, -0.05) is 43.0 Å². The molecule has 5 nitrogen and oxygen atoms in total. The van der Waals surface area contributed by atoms with E-state index in [9.17, 15) is 5.26 Å². The van der Waals surface area contributed by atoms with Gasteiger partial charge in [0.05, 0.1) is 27.2 Å². The van der Waals surface area contributed by atoms with Crippen molar-refractivity contribution in [2.75, 3.05) is 6.61 Å². The van der Waals surface area contributed by atoms with Gasteiger partial charge in [0.15, 0.2) is 0 Å². The van der Waals surface area contributed by atoms with Crippen LogP contribution in [0.3, 0.4) is 0 Å². The molecule has 0 amide bonds.